The topological polar surface area (TPSA) is 64.1 Å². The first kappa shape index (κ1) is 18.8. The fourth-order valence-corrected chi connectivity index (χ4v) is 2.58. The molecule has 0 saturated heterocycles. The van der Waals surface area contributed by atoms with Crippen LogP contribution in [0.2, 0.25) is 0 Å². The van der Waals surface area contributed by atoms with Gasteiger partial charge in [-0.1, -0.05) is 19.1 Å². The van der Waals surface area contributed by atoms with E-state index in [1.54, 1.807) is 13.1 Å². The lowest BCUT2D eigenvalue weighted by Gasteiger charge is -2.26. The highest BCUT2D eigenvalue weighted by atomic mass is 16.5. The largest absolute Gasteiger partial charge is 0.481 e. The van der Waals surface area contributed by atoms with Crippen LogP contribution in [0, 0.1) is 0 Å². The van der Waals surface area contributed by atoms with Crippen molar-refractivity contribution in [1.82, 2.24) is 15.3 Å². The average molecular weight is 363 g/mol. The molecule has 0 aliphatic heterocycles. The first-order valence-corrected chi connectivity index (χ1v) is 9.19. The summed E-state index contributed by atoms with van der Waals surface area (Å²) in [6.07, 6.45) is 2.05. The molecule has 5 nitrogen and oxygen atoms in total. The van der Waals surface area contributed by atoms with Crippen molar-refractivity contribution in [3.05, 3.63) is 54.7 Å². The van der Waals surface area contributed by atoms with Crippen molar-refractivity contribution in [1.29, 1.82) is 0 Å². The van der Waals surface area contributed by atoms with E-state index in [1.807, 2.05) is 69.3 Å². The summed E-state index contributed by atoms with van der Waals surface area (Å²) in [5.74, 6) is 0.524. The molecule has 1 aromatic heterocycles. The quantitative estimate of drug-likeness (QED) is 0.706. The van der Waals surface area contributed by atoms with Crippen molar-refractivity contribution in [3.8, 4) is 17.0 Å². The molecular formula is C22H25N3O2. The van der Waals surface area contributed by atoms with Gasteiger partial charge in [0.1, 0.15) is 5.75 Å². The maximum absolute atomic E-state index is 12.3. The second-order valence-electron chi connectivity index (χ2n) is 7.26. The lowest BCUT2D eigenvalue weighted by atomic mass is 10.0. The standard InChI is InChI=1S/C22H25N3O2/c1-5-22(3,4)25-21(26)15(2)27-17-12-10-16(11-13-17)20-14-23-18-8-6-7-9-19(18)24-20/h6-15H,5H2,1-4H3,(H,25,26). The highest BCUT2D eigenvalue weighted by Crippen LogP contribution is 2.22. The Labute approximate surface area is 159 Å². The predicted octanol–water partition coefficient (Wildman–Crippen LogP) is 4.37. The van der Waals surface area contributed by atoms with Gasteiger partial charge in [0.25, 0.3) is 5.91 Å². The number of carbonyl (C=O) groups is 1. The Morgan fingerprint density at radius 3 is 2.44 bits per heavy atom. The van der Waals surface area contributed by atoms with Gasteiger partial charge in [-0.3, -0.25) is 9.78 Å². The number of benzene rings is 2. The van der Waals surface area contributed by atoms with Crippen molar-refractivity contribution < 1.29 is 9.53 Å². The van der Waals surface area contributed by atoms with E-state index in [0.717, 1.165) is 28.7 Å². The molecule has 0 radical (unpaired) electrons. The van der Waals surface area contributed by atoms with Crippen molar-refractivity contribution in [2.75, 3.05) is 0 Å². The molecule has 3 aromatic rings. The molecule has 27 heavy (non-hydrogen) atoms. The van der Waals surface area contributed by atoms with Crippen molar-refractivity contribution >= 4 is 16.9 Å². The molecule has 5 heteroatoms. The Morgan fingerprint density at radius 1 is 1.11 bits per heavy atom. The van der Waals surface area contributed by atoms with Crippen LogP contribution in [-0.2, 0) is 4.79 Å². The van der Waals surface area contributed by atoms with Crippen LogP contribution in [0.25, 0.3) is 22.3 Å². The van der Waals surface area contributed by atoms with Gasteiger partial charge in [0.15, 0.2) is 6.10 Å². The van der Waals surface area contributed by atoms with Crippen LogP contribution in [0.5, 0.6) is 5.75 Å². The van der Waals surface area contributed by atoms with E-state index in [2.05, 4.69) is 15.3 Å². The number of ether oxygens (including phenoxy) is 1. The van der Waals surface area contributed by atoms with Gasteiger partial charge in [-0.2, -0.15) is 0 Å². The molecule has 140 valence electrons. The van der Waals surface area contributed by atoms with Gasteiger partial charge in [-0.15, -0.1) is 0 Å². The number of rotatable bonds is 6. The van der Waals surface area contributed by atoms with E-state index in [-0.39, 0.29) is 11.4 Å². The minimum atomic E-state index is -0.567. The summed E-state index contributed by atoms with van der Waals surface area (Å²) >= 11 is 0. The third-order valence-electron chi connectivity index (χ3n) is 4.63. The zero-order valence-electron chi connectivity index (χ0n) is 16.2. The molecule has 3 rings (SSSR count). The summed E-state index contributed by atoms with van der Waals surface area (Å²) in [5, 5.41) is 3.00. The highest BCUT2D eigenvalue weighted by molar-refractivity contribution is 5.81. The van der Waals surface area contributed by atoms with Gasteiger partial charge in [0.05, 0.1) is 22.9 Å². The number of aromatic nitrogens is 2. The number of nitrogens with one attached hydrogen (secondary N) is 1. The van der Waals surface area contributed by atoms with Crippen LogP contribution in [0.4, 0.5) is 0 Å². The third-order valence-corrected chi connectivity index (χ3v) is 4.63. The molecule has 1 unspecified atom stereocenters. The number of fused-ring (bicyclic) bond motifs is 1. The summed E-state index contributed by atoms with van der Waals surface area (Å²) in [6, 6.07) is 15.3. The van der Waals surface area contributed by atoms with Crippen LogP contribution < -0.4 is 10.1 Å². The highest BCUT2D eigenvalue weighted by Gasteiger charge is 2.22. The van der Waals surface area contributed by atoms with E-state index < -0.39 is 6.10 Å². The van der Waals surface area contributed by atoms with Crippen LogP contribution >= 0.6 is 0 Å². The zero-order chi connectivity index (χ0) is 19.4. The molecule has 1 N–H and O–H groups in total. The number of amides is 1. The van der Waals surface area contributed by atoms with E-state index in [0.29, 0.717) is 5.75 Å². The number of carbonyl (C=O) groups excluding carboxylic acids is 1. The number of hydrogen-bond donors (Lipinski definition) is 1. The van der Waals surface area contributed by atoms with Crippen molar-refractivity contribution in [3.63, 3.8) is 0 Å². The fraction of sp³-hybridized carbons (Fsp3) is 0.318. The second-order valence-corrected chi connectivity index (χ2v) is 7.26. The summed E-state index contributed by atoms with van der Waals surface area (Å²) in [5.41, 5.74) is 3.24. The maximum Gasteiger partial charge on any atom is 0.261 e. The van der Waals surface area contributed by atoms with Crippen LogP contribution in [-0.4, -0.2) is 27.5 Å². The summed E-state index contributed by atoms with van der Waals surface area (Å²) < 4.78 is 5.78. The van der Waals surface area contributed by atoms with E-state index in [1.165, 1.54) is 0 Å². The zero-order valence-corrected chi connectivity index (χ0v) is 16.2. The van der Waals surface area contributed by atoms with Gasteiger partial charge < -0.3 is 10.1 Å². The fourth-order valence-electron chi connectivity index (χ4n) is 2.58. The van der Waals surface area contributed by atoms with Gasteiger partial charge in [-0.25, -0.2) is 4.98 Å². The molecule has 0 aliphatic carbocycles. The molecule has 0 spiro atoms. The summed E-state index contributed by atoms with van der Waals surface area (Å²) in [6.45, 7) is 7.79. The van der Waals surface area contributed by atoms with Crippen LogP contribution in [0.15, 0.2) is 54.7 Å². The minimum Gasteiger partial charge on any atom is -0.481 e. The normalized spacial score (nSPS) is 12.6. The first-order valence-electron chi connectivity index (χ1n) is 9.19. The molecule has 0 bridgehead atoms. The van der Waals surface area contributed by atoms with Crippen LogP contribution in [0.3, 0.4) is 0 Å². The smallest absolute Gasteiger partial charge is 0.261 e. The minimum absolute atomic E-state index is 0.119. The Bertz CT molecular complexity index is 936. The summed E-state index contributed by atoms with van der Waals surface area (Å²) in [7, 11) is 0. The van der Waals surface area contributed by atoms with E-state index in [4.69, 9.17) is 4.74 Å². The number of para-hydroxylation sites is 2. The average Bonchev–Trinajstić information content (AvgIpc) is 2.68. The van der Waals surface area contributed by atoms with Crippen molar-refractivity contribution in [2.24, 2.45) is 0 Å². The molecule has 1 heterocycles. The van der Waals surface area contributed by atoms with Crippen molar-refractivity contribution in [2.45, 2.75) is 45.8 Å². The molecule has 0 fully saturated rings. The maximum atomic E-state index is 12.3. The first-order chi connectivity index (χ1) is 12.9. The number of nitrogens with zero attached hydrogens (tertiary/aromatic N) is 2. The Kier molecular flexibility index (Phi) is 5.40. The van der Waals surface area contributed by atoms with Gasteiger partial charge in [0.2, 0.25) is 0 Å². The summed E-state index contributed by atoms with van der Waals surface area (Å²) in [4.78, 5) is 21.4. The van der Waals surface area contributed by atoms with E-state index >= 15 is 0 Å². The lowest BCUT2D eigenvalue weighted by Crippen LogP contribution is -2.48. The molecule has 0 aliphatic rings. The van der Waals surface area contributed by atoms with Gasteiger partial charge in [-0.05, 0) is 63.6 Å². The molecule has 1 atom stereocenters. The molecule has 1 amide bonds. The van der Waals surface area contributed by atoms with Gasteiger partial charge in [0, 0.05) is 11.1 Å². The predicted molar refractivity (Wildman–Crippen MR) is 108 cm³/mol. The van der Waals surface area contributed by atoms with Gasteiger partial charge >= 0.3 is 0 Å². The Morgan fingerprint density at radius 2 is 1.78 bits per heavy atom. The number of hydrogen-bond acceptors (Lipinski definition) is 4. The SMILES string of the molecule is CCC(C)(C)NC(=O)C(C)Oc1ccc(-c2cnc3ccccc3n2)cc1. The third kappa shape index (κ3) is 4.61. The van der Waals surface area contributed by atoms with E-state index in [9.17, 15) is 4.79 Å². The molecule has 2 aromatic carbocycles. The van der Waals surface area contributed by atoms with Crippen LogP contribution in [0.1, 0.15) is 34.1 Å². The molecular weight excluding hydrogens is 338 g/mol. The monoisotopic (exact) mass is 363 g/mol. The lowest BCUT2D eigenvalue weighted by molar-refractivity contribution is -0.128. The Hall–Kier alpha value is -2.95. The second kappa shape index (κ2) is 7.74. The molecule has 0 saturated carbocycles. The Balaban J connectivity index is 1.70.